The van der Waals surface area contributed by atoms with Gasteiger partial charge in [0.2, 0.25) is 15.9 Å². The Bertz CT molecular complexity index is 617. The van der Waals surface area contributed by atoms with Gasteiger partial charge in [-0.25, -0.2) is 8.42 Å². The van der Waals surface area contributed by atoms with E-state index in [1.54, 1.807) is 19.9 Å². The Morgan fingerprint density at radius 3 is 2.55 bits per heavy atom. The lowest BCUT2D eigenvalue weighted by Gasteiger charge is -2.21. The van der Waals surface area contributed by atoms with E-state index < -0.39 is 10.0 Å². The van der Waals surface area contributed by atoms with Crippen molar-refractivity contribution in [2.45, 2.75) is 18.7 Å². The highest BCUT2D eigenvalue weighted by molar-refractivity contribution is 9.10. The number of anilines is 1. The molecule has 0 saturated heterocycles. The fraction of sp³-hybridized carbons (Fsp3) is 0.417. The minimum atomic E-state index is -3.75. The monoisotopic (exact) mass is 363 g/mol. The summed E-state index contributed by atoms with van der Waals surface area (Å²) in [6.45, 7) is 3.35. The number of benzene rings is 1. The van der Waals surface area contributed by atoms with Crippen LogP contribution < -0.4 is 11.1 Å². The average Bonchev–Trinajstić information content (AvgIpc) is 2.39. The summed E-state index contributed by atoms with van der Waals surface area (Å²) in [5.41, 5.74) is 6.66. The number of hydrogen-bond donors (Lipinski definition) is 2. The molecule has 0 aliphatic rings. The summed E-state index contributed by atoms with van der Waals surface area (Å²) >= 11 is 3.25. The lowest BCUT2D eigenvalue weighted by Crippen LogP contribution is -2.39. The van der Waals surface area contributed by atoms with Crippen LogP contribution in [0.15, 0.2) is 21.5 Å². The molecule has 3 N–H and O–H groups in total. The molecule has 20 heavy (non-hydrogen) atoms. The van der Waals surface area contributed by atoms with E-state index in [1.807, 2.05) is 0 Å². The van der Waals surface area contributed by atoms with Crippen LogP contribution in [0.1, 0.15) is 12.5 Å². The molecule has 0 spiro atoms. The number of nitrogens with two attached hydrogens (primary N) is 1. The lowest BCUT2D eigenvalue weighted by molar-refractivity contribution is -0.120. The normalized spacial score (nSPS) is 11.7. The molecule has 1 aromatic rings. The third-order valence-corrected chi connectivity index (χ3v) is 5.61. The highest BCUT2D eigenvalue weighted by Gasteiger charge is 2.27. The van der Waals surface area contributed by atoms with Crippen LogP contribution in [0, 0.1) is 6.92 Å². The van der Waals surface area contributed by atoms with Crippen LogP contribution in [0.3, 0.4) is 0 Å². The van der Waals surface area contributed by atoms with Gasteiger partial charge in [-0.2, -0.15) is 4.31 Å². The van der Waals surface area contributed by atoms with E-state index in [9.17, 15) is 13.2 Å². The Morgan fingerprint density at radius 2 is 2.05 bits per heavy atom. The Balaban J connectivity index is 3.27. The number of likely N-dealkylation sites (N-methyl/N-ethyl adjacent to an activating group) is 2. The van der Waals surface area contributed by atoms with Gasteiger partial charge in [0.05, 0.1) is 11.4 Å². The quantitative estimate of drug-likeness (QED) is 0.766. The van der Waals surface area contributed by atoms with Crippen molar-refractivity contribution < 1.29 is 13.2 Å². The van der Waals surface area contributed by atoms with E-state index in [1.165, 1.54) is 13.1 Å². The van der Waals surface area contributed by atoms with Gasteiger partial charge in [0, 0.05) is 23.8 Å². The van der Waals surface area contributed by atoms with E-state index in [0.717, 1.165) is 4.31 Å². The molecule has 1 rings (SSSR count). The van der Waals surface area contributed by atoms with Gasteiger partial charge in [0.25, 0.3) is 0 Å². The summed E-state index contributed by atoms with van der Waals surface area (Å²) < 4.78 is 26.9. The minimum absolute atomic E-state index is 0.115. The van der Waals surface area contributed by atoms with Gasteiger partial charge in [0.1, 0.15) is 0 Å². The molecule has 0 saturated carbocycles. The largest absolute Gasteiger partial charge is 0.398 e. The predicted molar refractivity (Wildman–Crippen MR) is 81.8 cm³/mol. The molecular formula is C12H18BrN3O3S. The zero-order valence-corrected chi connectivity index (χ0v) is 14.0. The van der Waals surface area contributed by atoms with Crippen molar-refractivity contribution >= 4 is 37.5 Å². The number of carbonyl (C=O) groups excluding carboxylic acids is 1. The lowest BCUT2D eigenvalue weighted by atomic mass is 10.2. The van der Waals surface area contributed by atoms with Crippen LogP contribution in [0.25, 0.3) is 0 Å². The van der Waals surface area contributed by atoms with Gasteiger partial charge < -0.3 is 11.1 Å². The summed E-state index contributed by atoms with van der Waals surface area (Å²) in [4.78, 5) is 11.5. The Kier molecular flexibility index (Phi) is 5.55. The fourth-order valence-electron chi connectivity index (χ4n) is 1.69. The molecule has 0 aliphatic carbocycles. The summed E-state index contributed by atoms with van der Waals surface area (Å²) in [5, 5.41) is 2.41. The molecule has 0 aliphatic heterocycles. The van der Waals surface area contributed by atoms with E-state index >= 15 is 0 Å². The molecule has 1 aromatic carbocycles. The van der Waals surface area contributed by atoms with Crippen molar-refractivity contribution in [1.29, 1.82) is 0 Å². The van der Waals surface area contributed by atoms with Gasteiger partial charge in [0.15, 0.2) is 0 Å². The average molecular weight is 364 g/mol. The smallest absolute Gasteiger partial charge is 0.243 e. The fourth-order valence-corrected chi connectivity index (χ4v) is 3.80. The number of aryl methyl sites for hydroxylation is 1. The van der Waals surface area contributed by atoms with Crippen LogP contribution in [-0.4, -0.2) is 38.8 Å². The van der Waals surface area contributed by atoms with E-state index in [2.05, 4.69) is 21.2 Å². The Hall–Kier alpha value is -1.12. The summed E-state index contributed by atoms with van der Waals surface area (Å²) in [5.74, 6) is -0.363. The Labute approximate surface area is 127 Å². The van der Waals surface area contributed by atoms with Crippen molar-refractivity contribution in [2.24, 2.45) is 0 Å². The van der Waals surface area contributed by atoms with Crippen LogP contribution >= 0.6 is 15.9 Å². The number of nitrogen functional groups attached to an aromatic ring is 1. The zero-order chi connectivity index (χ0) is 15.5. The van der Waals surface area contributed by atoms with Crippen molar-refractivity contribution in [3.8, 4) is 0 Å². The maximum Gasteiger partial charge on any atom is 0.243 e. The van der Waals surface area contributed by atoms with Crippen molar-refractivity contribution in [2.75, 3.05) is 25.9 Å². The van der Waals surface area contributed by atoms with Gasteiger partial charge >= 0.3 is 0 Å². The molecule has 0 atom stereocenters. The first-order valence-electron chi connectivity index (χ1n) is 6.00. The molecule has 0 bridgehead atoms. The molecule has 0 heterocycles. The molecule has 6 nitrogen and oxygen atoms in total. The second-order valence-corrected chi connectivity index (χ2v) is 7.00. The number of sulfonamides is 1. The van der Waals surface area contributed by atoms with Crippen molar-refractivity contribution in [3.63, 3.8) is 0 Å². The SMILES string of the molecule is CCN(CC(=O)NC)S(=O)(=O)c1cc(N)c(Br)cc1C. The summed E-state index contributed by atoms with van der Waals surface area (Å²) in [6.07, 6.45) is 0. The van der Waals surface area contributed by atoms with Gasteiger partial charge in [-0.1, -0.05) is 6.92 Å². The van der Waals surface area contributed by atoms with Crippen LogP contribution in [-0.2, 0) is 14.8 Å². The van der Waals surface area contributed by atoms with E-state index in [-0.39, 0.29) is 23.9 Å². The summed E-state index contributed by atoms with van der Waals surface area (Å²) in [6, 6.07) is 3.05. The number of halogens is 1. The van der Waals surface area contributed by atoms with E-state index in [4.69, 9.17) is 5.73 Å². The molecule has 112 valence electrons. The standard InChI is InChI=1S/C12H18BrN3O3S/c1-4-16(7-12(17)15-3)20(18,19)11-6-10(14)9(13)5-8(11)2/h5-6H,4,7,14H2,1-3H3,(H,15,17). The first kappa shape index (κ1) is 16.9. The van der Waals surface area contributed by atoms with Crippen molar-refractivity contribution in [1.82, 2.24) is 9.62 Å². The van der Waals surface area contributed by atoms with Crippen LogP contribution in [0.5, 0.6) is 0 Å². The first-order chi connectivity index (χ1) is 9.23. The number of nitrogens with zero attached hydrogens (tertiary/aromatic N) is 1. The summed E-state index contributed by atoms with van der Waals surface area (Å²) in [7, 11) is -2.29. The molecule has 0 unspecified atom stereocenters. The second-order valence-electron chi connectivity index (χ2n) is 4.24. The third-order valence-electron chi connectivity index (χ3n) is 2.86. The number of nitrogens with one attached hydrogen (secondary N) is 1. The molecule has 0 fully saturated rings. The van der Waals surface area contributed by atoms with Crippen LogP contribution in [0.4, 0.5) is 5.69 Å². The molecule has 1 amide bonds. The van der Waals surface area contributed by atoms with E-state index in [0.29, 0.717) is 15.7 Å². The number of carbonyl (C=O) groups is 1. The van der Waals surface area contributed by atoms with Gasteiger partial charge in [-0.15, -0.1) is 0 Å². The molecular weight excluding hydrogens is 346 g/mol. The highest BCUT2D eigenvalue weighted by atomic mass is 79.9. The molecule has 0 radical (unpaired) electrons. The van der Waals surface area contributed by atoms with Crippen molar-refractivity contribution in [3.05, 3.63) is 22.2 Å². The zero-order valence-electron chi connectivity index (χ0n) is 11.6. The molecule has 0 aromatic heterocycles. The molecule has 8 heteroatoms. The number of amides is 1. The maximum absolute atomic E-state index is 12.6. The first-order valence-corrected chi connectivity index (χ1v) is 8.23. The van der Waals surface area contributed by atoms with Crippen LogP contribution in [0.2, 0.25) is 0 Å². The predicted octanol–water partition coefficient (Wildman–Crippen LogP) is 1.10. The third kappa shape index (κ3) is 3.50. The number of hydrogen-bond acceptors (Lipinski definition) is 4. The Morgan fingerprint density at radius 1 is 1.45 bits per heavy atom. The maximum atomic E-state index is 12.6. The minimum Gasteiger partial charge on any atom is -0.398 e. The topological polar surface area (TPSA) is 92.5 Å². The number of rotatable bonds is 5. The van der Waals surface area contributed by atoms with Gasteiger partial charge in [-0.3, -0.25) is 4.79 Å². The second kappa shape index (κ2) is 6.55. The highest BCUT2D eigenvalue weighted by Crippen LogP contribution is 2.28. The van der Waals surface area contributed by atoms with Gasteiger partial charge in [-0.05, 0) is 40.5 Å².